The molecule has 0 fully saturated rings. The largest absolute Gasteiger partial charge is 0.365 e. The van der Waals surface area contributed by atoms with E-state index in [4.69, 9.17) is 11.6 Å². The highest BCUT2D eigenvalue weighted by atomic mass is 35.5. The summed E-state index contributed by atoms with van der Waals surface area (Å²) < 4.78 is 1.11. The molecular weight excluding hydrogens is 254 g/mol. The quantitative estimate of drug-likeness (QED) is 0.861. The maximum atomic E-state index is 5.97. The van der Waals surface area contributed by atoms with Crippen LogP contribution in [-0.2, 0) is 0 Å². The van der Waals surface area contributed by atoms with Gasteiger partial charge < -0.3 is 5.32 Å². The van der Waals surface area contributed by atoms with Gasteiger partial charge in [0.05, 0.1) is 10.2 Å². The minimum absolute atomic E-state index is 0.233. The Hall–Kier alpha value is -0.870. The average Bonchev–Trinajstić information content (AvgIpc) is 2.69. The predicted molar refractivity (Wildman–Crippen MR) is 75.1 cm³/mol. The second-order valence-electron chi connectivity index (χ2n) is 4.47. The Morgan fingerprint density at radius 3 is 2.82 bits per heavy atom. The van der Waals surface area contributed by atoms with Crippen LogP contribution >= 0.6 is 22.9 Å². The van der Waals surface area contributed by atoms with Crippen LogP contribution in [0.2, 0.25) is 0 Å². The highest BCUT2D eigenvalue weighted by Crippen LogP contribution is 2.29. The molecule has 0 aliphatic carbocycles. The van der Waals surface area contributed by atoms with Gasteiger partial charge in [0.2, 0.25) is 0 Å². The van der Waals surface area contributed by atoms with Crippen LogP contribution in [0.5, 0.6) is 0 Å². The normalized spacial score (nSPS) is 13.2. The van der Waals surface area contributed by atoms with Crippen molar-refractivity contribution in [3.63, 3.8) is 0 Å². The molecule has 0 saturated heterocycles. The van der Waals surface area contributed by atoms with Crippen LogP contribution in [0.3, 0.4) is 0 Å². The van der Waals surface area contributed by atoms with Gasteiger partial charge in [-0.15, -0.1) is 22.9 Å². The van der Waals surface area contributed by atoms with Gasteiger partial charge in [-0.2, -0.15) is 0 Å². The fourth-order valence-corrected chi connectivity index (χ4v) is 3.02. The van der Waals surface area contributed by atoms with Crippen molar-refractivity contribution >= 4 is 39.0 Å². The van der Waals surface area contributed by atoms with E-state index in [2.05, 4.69) is 41.4 Å². The number of nitrogens with zero attached hydrogens (tertiary/aromatic N) is 2. The fourth-order valence-electron chi connectivity index (χ4n) is 1.63. The minimum atomic E-state index is 0.233. The summed E-state index contributed by atoms with van der Waals surface area (Å²) in [4.78, 5) is 8.63. The van der Waals surface area contributed by atoms with Crippen LogP contribution in [-0.4, -0.2) is 21.9 Å². The molecule has 0 aromatic carbocycles. The molecular formula is C12H16ClN3S. The summed E-state index contributed by atoms with van der Waals surface area (Å²) in [5.74, 6) is 1.94. The van der Waals surface area contributed by atoms with Crippen LogP contribution in [0.4, 0.5) is 5.82 Å². The molecule has 0 bridgehead atoms. The van der Waals surface area contributed by atoms with Crippen LogP contribution < -0.4 is 5.32 Å². The highest BCUT2D eigenvalue weighted by molar-refractivity contribution is 7.18. The van der Waals surface area contributed by atoms with Gasteiger partial charge in [0.25, 0.3) is 0 Å². The zero-order valence-corrected chi connectivity index (χ0v) is 11.8. The van der Waals surface area contributed by atoms with Crippen LogP contribution in [0.25, 0.3) is 10.2 Å². The van der Waals surface area contributed by atoms with Gasteiger partial charge in [-0.05, 0) is 23.8 Å². The van der Waals surface area contributed by atoms with Crippen molar-refractivity contribution in [3.05, 3.63) is 17.3 Å². The predicted octanol–water partition coefficient (Wildman–Crippen LogP) is 3.68. The number of anilines is 1. The van der Waals surface area contributed by atoms with Crippen molar-refractivity contribution in [3.8, 4) is 0 Å². The van der Waals surface area contributed by atoms with E-state index in [1.165, 1.54) is 5.56 Å². The first-order valence-electron chi connectivity index (χ1n) is 5.64. The zero-order chi connectivity index (χ0) is 12.4. The van der Waals surface area contributed by atoms with Gasteiger partial charge in [-0.1, -0.05) is 13.8 Å². The molecule has 3 nitrogen and oxygen atoms in total. The number of alkyl halides is 1. The lowest BCUT2D eigenvalue weighted by Crippen LogP contribution is -2.27. The van der Waals surface area contributed by atoms with E-state index in [-0.39, 0.29) is 6.04 Å². The summed E-state index contributed by atoms with van der Waals surface area (Å²) in [7, 11) is 0. The Bertz CT molecular complexity index is 509. The molecule has 2 aromatic rings. The van der Waals surface area contributed by atoms with Crippen molar-refractivity contribution in [1.29, 1.82) is 0 Å². The van der Waals surface area contributed by atoms with Crippen molar-refractivity contribution in [2.75, 3.05) is 11.2 Å². The summed E-state index contributed by atoms with van der Waals surface area (Å²) in [6.07, 6.45) is 1.61. The lowest BCUT2D eigenvalue weighted by molar-refractivity contribution is 0.563. The smallest absolute Gasteiger partial charge is 0.147 e. The number of fused-ring (bicyclic) bond motifs is 1. The Morgan fingerprint density at radius 1 is 1.41 bits per heavy atom. The molecule has 0 spiro atoms. The van der Waals surface area contributed by atoms with E-state index in [1.54, 1.807) is 17.7 Å². The molecule has 2 heterocycles. The monoisotopic (exact) mass is 269 g/mol. The molecule has 0 saturated carbocycles. The molecule has 92 valence electrons. The number of hydrogen-bond acceptors (Lipinski definition) is 4. The molecule has 0 amide bonds. The summed E-state index contributed by atoms with van der Waals surface area (Å²) in [6.45, 7) is 6.37. The van der Waals surface area contributed by atoms with Crippen LogP contribution in [0.1, 0.15) is 19.4 Å². The zero-order valence-electron chi connectivity index (χ0n) is 10.2. The standard InChI is InChI=1S/C12H16ClN3S/c1-7(2)9(4-13)16-12-11-10(14-6-15-12)8(3)5-17-11/h5-7,9H,4H2,1-3H3,(H,14,15,16). The second-order valence-corrected chi connectivity index (χ2v) is 5.66. The van der Waals surface area contributed by atoms with E-state index in [0.29, 0.717) is 11.8 Å². The van der Waals surface area contributed by atoms with E-state index >= 15 is 0 Å². The summed E-state index contributed by atoms with van der Waals surface area (Å²) in [5.41, 5.74) is 2.23. The topological polar surface area (TPSA) is 37.8 Å². The first-order valence-corrected chi connectivity index (χ1v) is 7.06. The number of aromatic nitrogens is 2. The number of aryl methyl sites for hydroxylation is 1. The summed E-state index contributed by atoms with van der Waals surface area (Å²) >= 11 is 7.64. The third kappa shape index (κ3) is 2.53. The van der Waals surface area contributed by atoms with Gasteiger partial charge in [-0.25, -0.2) is 9.97 Å². The van der Waals surface area contributed by atoms with Crippen molar-refractivity contribution in [2.45, 2.75) is 26.8 Å². The first kappa shape index (κ1) is 12.6. The van der Waals surface area contributed by atoms with E-state index < -0.39 is 0 Å². The Labute approximate surface area is 110 Å². The number of nitrogens with one attached hydrogen (secondary N) is 1. The molecule has 1 unspecified atom stereocenters. The lowest BCUT2D eigenvalue weighted by Gasteiger charge is -2.20. The maximum absolute atomic E-state index is 5.97. The number of thiophene rings is 1. The molecule has 0 radical (unpaired) electrons. The first-order chi connectivity index (χ1) is 8.13. The van der Waals surface area contributed by atoms with Crippen molar-refractivity contribution in [1.82, 2.24) is 9.97 Å². The number of rotatable bonds is 4. The molecule has 1 N–H and O–H groups in total. The van der Waals surface area contributed by atoms with Crippen LogP contribution in [0, 0.1) is 12.8 Å². The van der Waals surface area contributed by atoms with E-state index in [1.807, 2.05) is 0 Å². The van der Waals surface area contributed by atoms with Crippen molar-refractivity contribution < 1.29 is 0 Å². The molecule has 0 aliphatic rings. The molecule has 5 heteroatoms. The van der Waals surface area contributed by atoms with Gasteiger partial charge in [0.1, 0.15) is 12.1 Å². The fraction of sp³-hybridized carbons (Fsp3) is 0.500. The van der Waals surface area contributed by atoms with E-state index in [9.17, 15) is 0 Å². The van der Waals surface area contributed by atoms with Gasteiger partial charge in [0, 0.05) is 11.9 Å². The van der Waals surface area contributed by atoms with Crippen LogP contribution in [0.15, 0.2) is 11.7 Å². The Morgan fingerprint density at radius 2 is 2.18 bits per heavy atom. The second kappa shape index (κ2) is 5.19. The van der Waals surface area contributed by atoms with Gasteiger partial charge in [0.15, 0.2) is 0 Å². The summed E-state index contributed by atoms with van der Waals surface area (Å²) in [6, 6.07) is 0.233. The van der Waals surface area contributed by atoms with Gasteiger partial charge >= 0.3 is 0 Å². The third-order valence-corrected chi connectivity index (χ3v) is 4.25. The van der Waals surface area contributed by atoms with E-state index in [0.717, 1.165) is 16.0 Å². The molecule has 17 heavy (non-hydrogen) atoms. The molecule has 2 aromatic heterocycles. The highest BCUT2D eigenvalue weighted by Gasteiger charge is 2.15. The summed E-state index contributed by atoms with van der Waals surface area (Å²) in [5, 5.41) is 5.52. The van der Waals surface area contributed by atoms with Gasteiger partial charge in [-0.3, -0.25) is 0 Å². The molecule has 1 atom stereocenters. The Balaban J connectivity index is 2.35. The number of hydrogen-bond donors (Lipinski definition) is 1. The SMILES string of the molecule is Cc1csc2c(NC(CCl)C(C)C)ncnc12. The molecule has 2 rings (SSSR count). The Kier molecular flexibility index (Phi) is 3.84. The average molecular weight is 270 g/mol. The third-order valence-electron chi connectivity index (χ3n) is 2.82. The maximum Gasteiger partial charge on any atom is 0.147 e. The molecule has 0 aliphatic heterocycles. The lowest BCUT2D eigenvalue weighted by atomic mass is 10.1. The number of halogens is 1. The van der Waals surface area contributed by atoms with Crippen molar-refractivity contribution in [2.24, 2.45) is 5.92 Å². The minimum Gasteiger partial charge on any atom is -0.365 e.